The van der Waals surface area contributed by atoms with E-state index in [1.54, 1.807) is 18.2 Å². The van der Waals surface area contributed by atoms with E-state index >= 15 is 0 Å². The van der Waals surface area contributed by atoms with Crippen LogP contribution in [0.25, 0.3) is 0 Å². The Kier molecular flexibility index (Phi) is 2.51. The molecule has 0 amide bonds. The van der Waals surface area contributed by atoms with Gasteiger partial charge in [0, 0.05) is 5.56 Å². The molecule has 4 N–H and O–H groups in total. The van der Waals surface area contributed by atoms with Gasteiger partial charge in [0.05, 0.1) is 0 Å². The summed E-state index contributed by atoms with van der Waals surface area (Å²) in [5.74, 6) is 0.245. The SMILES string of the molecule is CC(C)(C)c1cc(O)ccc1C(=N)N. The summed E-state index contributed by atoms with van der Waals surface area (Å²) in [5, 5.41) is 16.8. The van der Waals surface area contributed by atoms with Gasteiger partial charge in [-0.15, -0.1) is 0 Å². The highest BCUT2D eigenvalue weighted by molar-refractivity contribution is 5.96. The van der Waals surface area contributed by atoms with Crippen LogP contribution >= 0.6 is 0 Å². The zero-order valence-corrected chi connectivity index (χ0v) is 8.76. The normalized spacial score (nSPS) is 11.4. The Labute approximate surface area is 84.1 Å². The molecule has 76 valence electrons. The predicted octanol–water partition coefficient (Wildman–Crippen LogP) is 1.97. The Morgan fingerprint density at radius 1 is 1.36 bits per heavy atom. The molecule has 3 nitrogen and oxygen atoms in total. The first kappa shape index (κ1) is 10.6. The molecular weight excluding hydrogens is 176 g/mol. The summed E-state index contributed by atoms with van der Waals surface area (Å²) in [6.07, 6.45) is 0. The van der Waals surface area contributed by atoms with Crippen molar-refractivity contribution < 1.29 is 5.11 Å². The second-order valence-corrected chi connectivity index (χ2v) is 4.39. The minimum Gasteiger partial charge on any atom is -0.508 e. The molecule has 0 atom stereocenters. The van der Waals surface area contributed by atoms with Gasteiger partial charge in [-0.2, -0.15) is 0 Å². The van der Waals surface area contributed by atoms with Gasteiger partial charge in [-0.1, -0.05) is 20.8 Å². The Bertz CT molecular complexity index is 364. The molecule has 3 heteroatoms. The average Bonchev–Trinajstić information content (AvgIpc) is 2.01. The number of nitrogens with two attached hydrogens (primary N) is 1. The van der Waals surface area contributed by atoms with Crippen molar-refractivity contribution in [1.29, 1.82) is 5.41 Å². The van der Waals surface area contributed by atoms with Crippen LogP contribution in [0.2, 0.25) is 0 Å². The first-order chi connectivity index (χ1) is 6.32. The number of phenols is 1. The minimum atomic E-state index is -0.125. The standard InChI is InChI=1S/C11H16N2O/c1-11(2,3)9-6-7(14)4-5-8(9)10(12)13/h4-6,14H,1-3H3,(H3,12,13). The first-order valence-electron chi connectivity index (χ1n) is 4.50. The molecule has 0 saturated heterocycles. The van der Waals surface area contributed by atoms with E-state index in [9.17, 15) is 5.11 Å². The highest BCUT2D eigenvalue weighted by Crippen LogP contribution is 2.28. The highest BCUT2D eigenvalue weighted by atomic mass is 16.3. The van der Waals surface area contributed by atoms with E-state index in [2.05, 4.69) is 0 Å². The fourth-order valence-corrected chi connectivity index (χ4v) is 1.39. The van der Waals surface area contributed by atoms with Gasteiger partial charge in [-0.25, -0.2) is 0 Å². The van der Waals surface area contributed by atoms with Crippen LogP contribution < -0.4 is 5.73 Å². The number of aromatic hydroxyl groups is 1. The van der Waals surface area contributed by atoms with Gasteiger partial charge in [0.25, 0.3) is 0 Å². The van der Waals surface area contributed by atoms with Gasteiger partial charge in [-0.05, 0) is 29.2 Å². The highest BCUT2D eigenvalue weighted by Gasteiger charge is 2.19. The van der Waals surface area contributed by atoms with Gasteiger partial charge in [0.1, 0.15) is 11.6 Å². The molecule has 14 heavy (non-hydrogen) atoms. The molecular formula is C11H16N2O. The van der Waals surface area contributed by atoms with Crippen LogP contribution in [-0.2, 0) is 5.41 Å². The minimum absolute atomic E-state index is 0.0370. The lowest BCUT2D eigenvalue weighted by atomic mass is 9.83. The van der Waals surface area contributed by atoms with E-state index < -0.39 is 0 Å². The van der Waals surface area contributed by atoms with Crippen molar-refractivity contribution in [3.63, 3.8) is 0 Å². The average molecular weight is 192 g/mol. The van der Waals surface area contributed by atoms with E-state index in [1.165, 1.54) is 0 Å². The van der Waals surface area contributed by atoms with Crippen LogP contribution in [0.15, 0.2) is 18.2 Å². The lowest BCUT2D eigenvalue weighted by Gasteiger charge is -2.22. The molecule has 1 aromatic rings. The van der Waals surface area contributed by atoms with Crippen LogP contribution in [0.3, 0.4) is 0 Å². The van der Waals surface area contributed by atoms with Gasteiger partial charge in [0.15, 0.2) is 0 Å². The lowest BCUT2D eigenvalue weighted by Crippen LogP contribution is -2.20. The molecule has 0 heterocycles. The number of nitrogen functional groups attached to an aromatic ring is 1. The molecule has 0 bridgehead atoms. The van der Waals surface area contributed by atoms with Gasteiger partial charge in [0.2, 0.25) is 0 Å². The van der Waals surface area contributed by atoms with E-state index in [-0.39, 0.29) is 17.0 Å². The monoisotopic (exact) mass is 192 g/mol. The summed E-state index contributed by atoms with van der Waals surface area (Å²) in [7, 11) is 0. The van der Waals surface area contributed by atoms with Crippen molar-refractivity contribution in [1.82, 2.24) is 0 Å². The number of amidine groups is 1. The molecule has 0 aromatic heterocycles. The molecule has 0 unspecified atom stereocenters. The summed E-state index contributed by atoms with van der Waals surface area (Å²) >= 11 is 0. The molecule has 0 spiro atoms. The summed E-state index contributed by atoms with van der Waals surface area (Å²) < 4.78 is 0. The summed E-state index contributed by atoms with van der Waals surface area (Å²) in [5.41, 5.74) is 6.92. The van der Waals surface area contributed by atoms with Crippen molar-refractivity contribution >= 4 is 5.84 Å². The predicted molar refractivity (Wildman–Crippen MR) is 57.8 cm³/mol. The summed E-state index contributed by atoms with van der Waals surface area (Å²) in [6.45, 7) is 6.07. The topological polar surface area (TPSA) is 70.1 Å². The van der Waals surface area contributed by atoms with Gasteiger partial charge < -0.3 is 10.8 Å². The Morgan fingerprint density at radius 2 is 1.93 bits per heavy atom. The molecule has 0 saturated carbocycles. The van der Waals surface area contributed by atoms with Crippen molar-refractivity contribution in [3.05, 3.63) is 29.3 Å². The third kappa shape index (κ3) is 2.05. The Balaban J connectivity index is 3.38. The first-order valence-corrected chi connectivity index (χ1v) is 4.50. The fourth-order valence-electron chi connectivity index (χ4n) is 1.39. The Hall–Kier alpha value is -1.51. The maximum Gasteiger partial charge on any atom is 0.123 e. The van der Waals surface area contributed by atoms with Crippen LogP contribution in [-0.4, -0.2) is 10.9 Å². The van der Waals surface area contributed by atoms with Crippen molar-refractivity contribution in [2.45, 2.75) is 26.2 Å². The van der Waals surface area contributed by atoms with Crippen LogP contribution in [0, 0.1) is 5.41 Å². The largest absolute Gasteiger partial charge is 0.508 e. The smallest absolute Gasteiger partial charge is 0.123 e. The molecule has 0 aliphatic heterocycles. The maximum atomic E-state index is 9.37. The van der Waals surface area contributed by atoms with Crippen LogP contribution in [0.1, 0.15) is 31.9 Å². The molecule has 0 radical (unpaired) electrons. The summed E-state index contributed by atoms with van der Waals surface area (Å²) in [6, 6.07) is 4.89. The van der Waals surface area contributed by atoms with Gasteiger partial charge >= 0.3 is 0 Å². The summed E-state index contributed by atoms with van der Waals surface area (Å²) in [4.78, 5) is 0. The molecule has 0 aliphatic rings. The second kappa shape index (κ2) is 3.33. The third-order valence-corrected chi connectivity index (χ3v) is 2.10. The van der Waals surface area contributed by atoms with Gasteiger partial charge in [-0.3, -0.25) is 5.41 Å². The number of phenolic OH excluding ortho intramolecular Hbond substituents is 1. The zero-order chi connectivity index (χ0) is 10.9. The van der Waals surface area contributed by atoms with Crippen LogP contribution in [0.5, 0.6) is 5.75 Å². The number of benzene rings is 1. The molecule has 0 aliphatic carbocycles. The van der Waals surface area contributed by atoms with E-state index in [0.29, 0.717) is 5.56 Å². The quantitative estimate of drug-likeness (QED) is 0.470. The second-order valence-electron chi connectivity index (χ2n) is 4.39. The fraction of sp³-hybridized carbons (Fsp3) is 0.364. The molecule has 1 rings (SSSR count). The third-order valence-electron chi connectivity index (χ3n) is 2.10. The number of rotatable bonds is 1. The van der Waals surface area contributed by atoms with Crippen molar-refractivity contribution in [2.75, 3.05) is 0 Å². The van der Waals surface area contributed by atoms with E-state index in [4.69, 9.17) is 11.1 Å². The maximum absolute atomic E-state index is 9.37. The number of nitrogens with one attached hydrogen (secondary N) is 1. The molecule has 0 fully saturated rings. The number of hydrogen-bond donors (Lipinski definition) is 3. The Morgan fingerprint density at radius 3 is 2.36 bits per heavy atom. The van der Waals surface area contributed by atoms with Crippen molar-refractivity contribution in [3.8, 4) is 5.75 Å². The molecule has 1 aromatic carbocycles. The van der Waals surface area contributed by atoms with Crippen molar-refractivity contribution in [2.24, 2.45) is 5.73 Å². The van der Waals surface area contributed by atoms with Crippen LogP contribution in [0.4, 0.5) is 0 Å². The lowest BCUT2D eigenvalue weighted by molar-refractivity contribution is 0.471. The zero-order valence-electron chi connectivity index (χ0n) is 8.76. The van der Waals surface area contributed by atoms with E-state index in [0.717, 1.165) is 5.56 Å². The van der Waals surface area contributed by atoms with E-state index in [1.807, 2.05) is 20.8 Å². The number of hydrogen-bond acceptors (Lipinski definition) is 2.